The Morgan fingerprint density at radius 1 is 1.21 bits per heavy atom. The maximum atomic E-state index is 12.6. The Hall–Kier alpha value is -2.86. The topological polar surface area (TPSA) is 120 Å². The van der Waals surface area contributed by atoms with Crippen LogP contribution in [0.5, 0.6) is 0 Å². The number of pyridine rings is 1. The molecule has 1 aromatic rings. The molecular weight excluding hydrogens is 418 g/mol. The number of nitrogens with zero attached hydrogens (tertiary/aromatic N) is 5. The van der Waals surface area contributed by atoms with Gasteiger partial charge in [0.2, 0.25) is 12.2 Å². The molecule has 0 aliphatic heterocycles. The smallest absolute Gasteiger partial charge is 0.341 e. The molecule has 2 rings (SSSR count). The molecule has 0 atom stereocenters. The van der Waals surface area contributed by atoms with Crippen molar-refractivity contribution in [3.05, 3.63) is 24.5 Å². The van der Waals surface area contributed by atoms with Crippen LogP contribution in [0.2, 0.25) is 0 Å². The summed E-state index contributed by atoms with van der Waals surface area (Å²) in [6.45, 7) is 5.73. The largest absolute Gasteiger partial charge is 0.369 e. The third-order valence-electron chi connectivity index (χ3n) is 5.74. The summed E-state index contributed by atoms with van der Waals surface area (Å²) < 4.78 is 0. The predicted octanol–water partition coefficient (Wildman–Crippen LogP) is 4.18. The average Bonchev–Trinajstić information content (AvgIpc) is 2.81. The number of urea groups is 1. The second-order valence-electron chi connectivity index (χ2n) is 8.85. The molecule has 182 valence electrons. The predicted molar refractivity (Wildman–Crippen MR) is 130 cm³/mol. The van der Waals surface area contributed by atoms with Crippen molar-refractivity contribution < 1.29 is 9.63 Å². The standard InChI is InChI=1S/C24H39N7O2/c1-20(2)29-24(32)31(33-18-21-10-6-5-7-11-21)17-9-4-3-8-16-30(23(26)28-19-25)22-12-14-27-15-13-22/h12-15,20-21H,3-11,16-18H2,1-2H3,(H2,26,28)(H,29,32). The third kappa shape index (κ3) is 10.1. The minimum atomic E-state index is -0.162. The number of guanidine groups is 1. The Balaban J connectivity index is 1.77. The summed E-state index contributed by atoms with van der Waals surface area (Å²) >= 11 is 0. The van der Waals surface area contributed by atoms with Crippen molar-refractivity contribution in [1.29, 1.82) is 5.26 Å². The highest BCUT2D eigenvalue weighted by Crippen LogP contribution is 2.24. The molecule has 0 radical (unpaired) electrons. The number of unbranched alkanes of at least 4 members (excludes halogenated alkanes) is 3. The minimum Gasteiger partial charge on any atom is -0.369 e. The van der Waals surface area contributed by atoms with E-state index in [0.29, 0.717) is 25.6 Å². The first-order chi connectivity index (χ1) is 16.0. The van der Waals surface area contributed by atoms with Crippen molar-refractivity contribution in [3.63, 3.8) is 0 Å². The molecule has 0 bridgehead atoms. The van der Waals surface area contributed by atoms with Gasteiger partial charge >= 0.3 is 6.03 Å². The second kappa shape index (κ2) is 15.1. The van der Waals surface area contributed by atoms with Gasteiger partial charge < -0.3 is 16.0 Å². The summed E-state index contributed by atoms with van der Waals surface area (Å²) in [4.78, 5) is 28.0. The van der Waals surface area contributed by atoms with Crippen LogP contribution >= 0.6 is 0 Å². The summed E-state index contributed by atoms with van der Waals surface area (Å²) in [6.07, 6.45) is 15.0. The van der Waals surface area contributed by atoms with Gasteiger partial charge in [-0.25, -0.2) is 9.86 Å². The van der Waals surface area contributed by atoms with E-state index in [4.69, 9.17) is 15.8 Å². The molecule has 0 saturated heterocycles. The number of rotatable bonds is 12. The Labute approximate surface area is 198 Å². The van der Waals surface area contributed by atoms with Gasteiger partial charge in [0, 0.05) is 30.7 Å². The number of nitriles is 1. The number of hydroxylamine groups is 2. The van der Waals surface area contributed by atoms with Gasteiger partial charge in [-0.1, -0.05) is 32.1 Å². The van der Waals surface area contributed by atoms with E-state index in [1.165, 1.54) is 37.2 Å². The third-order valence-corrected chi connectivity index (χ3v) is 5.74. The number of aromatic nitrogens is 1. The van der Waals surface area contributed by atoms with E-state index in [9.17, 15) is 4.79 Å². The highest BCUT2D eigenvalue weighted by atomic mass is 16.7. The SMILES string of the molecule is CC(C)NC(=O)N(CCCCCCN(C(N)=NC#N)c1ccncc1)OCC1CCCCC1. The van der Waals surface area contributed by atoms with E-state index in [-0.39, 0.29) is 18.0 Å². The quantitative estimate of drug-likeness (QED) is 0.160. The zero-order chi connectivity index (χ0) is 23.9. The fourth-order valence-electron chi connectivity index (χ4n) is 3.98. The summed E-state index contributed by atoms with van der Waals surface area (Å²) in [6, 6.07) is 3.59. The molecule has 0 aromatic carbocycles. The van der Waals surface area contributed by atoms with Gasteiger partial charge in [-0.15, -0.1) is 4.99 Å². The highest BCUT2D eigenvalue weighted by molar-refractivity contribution is 5.95. The lowest BCUT2D eigenvalue weighted by Crippen LogP contribution is -2.44. The van der Waals surface area contributed by atoms with Crippen LogP contribution in [0.25, 0.3) is 0 Å². The Kier molecular flexibility index (Phi) is 12.0. The molecule has 3 N–H and O–H groups in total. The van der Waals surface area contributed by atoms with Crippen LogP contribution in [0.1, 0.15) is 71.6 Å². The number of carbonyl (C=O) groups excluding carboxylic acids is 1. The van der Waals surface area contributed by atoms with Crippen LogP contribution in [-0.2, 0) is 4.84 Å². The highest BCUT2D eigenvalue weighted by Gasteiger charge is 2.19. The summed E-state index contributed by atoms with van der Waals surface area (Å²) in [7, 11) is 0. The Morgan fingerprint density at radius 2 is 1.88 bits per heavy atom. The first kappa shape index (κ1) is 26.4. The van der Waals surface area contributed by atoms with Gasteiger partial charge in [0.25, 0.3) is 0 Å². The molecule has 33 heavy (non-hydrogen) atoms. The lowest BCUT2D eigenvalue weighted by molar-refractivity contribution is -0.133. The van der Waals surface area contributed by atoms with E-state index in [1.54, 1.807) is 18.6 Å². The fraction of sp³-hybridized carbons (Fsp3) is 0.667. The molecule has 0 spiro atoms. The maximum absolute atomic E-state index is 12.6. The van der Waals surface area contributed by atoms with Gasteiger partial charge in [-0.05, 0) is 57.6 Å². The number of amides is 2. The number of nitrogens with one attached hydrogen (secondary N) is 1. The van der Waals surface area contributed by atoms with E-state index in [0.717, 1.165) is 31.4 Å². The molecular formula is C24H39N7O2. The van der Waals surface area contributed by atoms with Crippen LogP contribution in [0.4, 0.5) is 10.5 Å². The molecule has 9 heteroatoms. The molecule has 1 aliphatic carbocycles. The van der Waals surface area contributed by atoms with E-state index < -0.39 is 0 Å². The average molecular weight is 458 g/mol. The maximum Gasteiger partial charge on any atom is 0.341 e. The summed E-state index contributed by atoms with van der Waals surface area (Å²) in [5, 5.41) is 13.3. The molecule has 2 amide bonds. The van der Waals surface area contributed by atoms with E-state index in [1.807, 2.05) is 30.9 Å². The number of carbonyl (C=O) groups is 1. The lowest BCUT2D eigenvalue weighted by atomic mass is 9.90. The van der Waals surface area contributed by atoms with Crippen LogP contribution < -0.4 is 16.0 Å². The number of hydrogen-bond donors (Lipinski definition) is 2. The molecule has 1 heterocycles. The zero-order valence-corrected chi connectivity index (χ0v) is 20.1. The molecule has 9 nitrogen and oxygen atoms in total. The number of aliphatic imine (C=N–C) groups is 1. The van der Waals surface area contributed by atoms with Crippen LogP contribution in [0.3, 0.4) is 0 Å². The van der Waals surface area contributed by atoms with Crippen molar-refractivity contribution >= 4 is 17.7 Å². The number of anilines is 1. The van der Waals surface area contributed by atoms with Gasteiger partial charge in [-0.2, -0.15) is 5.26 Å². The zero-order valence-electron chi connectivity index (χ0n) is 20.1. The van der Waals surface area contributed by atoms with Crippen LogP contribution in [-0.4, -0.2) is 47.8 Å². The van der Waals surface area contributed by atoms with Crippen LogP contribution in [0, 0.1) is 17.4 Å². The Morgan fingerprint density at radius 3 is 2.52 bits per heavy atom. The summed E-state index contributed by atoms with van der Waals surface area (Å²) in [5.74, 6) is 0.726. The second-order valence-corrected chi connectivity index (χ2v) is 8.85. The van der Waals surface area contributed by atoms with E-state index in [2.05, 4.69) is 15.3 Å². The Bertz CT molecular complexity index is 758. The van der Waals surface area contributed by atoms with E-state index >= 15 is 0 Å². The minimum absolute atomic E-state index is 0.0676. The van der Waals surface area contributed by atoms with Crippen molar-refractivity contribution in [2.24, 2.45) is 16.6 Å². The monoisotopic (exact) mass is 457 g/mol. The number of nitrogens with two attached hydrogens (primary N) is 1. The summed E-state index contributed by atoms with van der Waals surface area (Å²) in [5.41, 5.74) is 6.83. The van der Waals surface area contributed by atoms with Gasteiger partial charge in [0.05, 0.1) is 13.2 Å². The van der Waals surface area contributed by atoms with Crippen molar-refractivity contribution in [3.8, 4) is 6.19 Å². The van der Waals surface area contributed by atoms with Crippen LogP contribution in [0.15, 0.2) is 29.5 Å². The molecule has 1 fully saturated rings. The van der Waals surface area contributed by atoms with Crippen molar-refractivity contribution in [2.45, 2.75) is 77.7 Å². The normalized spacial score (nSPS) is 14.7. The van der Waals surface area contributed by atoms with Gasteiger partial charge in [0.1, 0.15) is 0 Å². The fourth-order valence-corrected chi connectivity index (χ4v) is 3.98. The van der Waals surface area contributed by atoms with Gasteiger partial charge in [0.15, 0.2) is 0 Å². The van der Waals surface area contributed by atoms with Crippen molar-refractivity contribution in [2.75, 3.05) is 24.6 Å². The first-order valence-corrected chi connectivity index (χ1v) is 12.1. The molecule has 0 unspecified atom stereocenters. The number of hydrogen-bond acceptors (Lipinski definition) is 5. The molecule has 1 aliphatic rings. The first-order valence-electron chi connectivity index (χ1n) is 12.1. The van der Waals surface area contributed by atoms with Crippen molar-refractivity contribution in [1.82, 2.24) is 15.4 Å². The molecule has 1 aromatic heterocycles. The van der Waals surface area contributed by atoms with Gasteiger partial charge in [-0.3, -0.25) is 9.82 Å². The molecule has 1 saturated carbocycles. The lowest BCUT2D eigenvalue weighted by Gasteiger charge is -2.27.